The first-order valence-corrected chi connectivity index (χ1v) is 9.00. The van der Waals surface area contributed by atoms with Gasteiger partial charge in [-0.15, -0.1) is 0 Å². The van der Waals surface area contributed by atoms with Crippen LogP contribution in [0.1, 0.15) is 18.9 Å². The highest BCUT2D eigenvalue weighted by Crippen LogP contribution is 2.26. The highest BCUT2D eigenvalue weighted by atomic mass is 79.9. The Morgan fingerprint density at radius 3 is 2.60 bits per heavy atom. The average Bonchev–Trinajstić information content (AvgIpc) is 2.38. The number of rotatable bonds is 8. The standard InChI is InChI=1S/C12H16BrNO5S/c1-2-6-20(17,18)7-5-19-12-4-3-11(14(15)16)8-10(12)9-13/h3-4,8H,2,5-7,9H2,1H3. The molecule has 0 aromatic heterocycles. The Hall–Kier alpha value is -1.15. The molecule has 0 N–H and O–H groups in total. The zero-order chi connectivity index (χ0) is 15.2. The Labute approximate surface area is 126 Å². The van der Waals surface area contributed by atoms with Crippen LogP contribution in [0.2, 0.25) is 0 Å². The molecule has 0 aliphatic heterocycles. The molecule has 0 saturated heterocycles. The summed E-state index contributed by atoms with van der Waals surface area (Å²) < 4.78 is 28.5. The van der Waals surface area contributed by atoms with Gasteiger partial charge in [0.1, 0.15) is 12.4 Å². The Balaban J connectivity index is 2.71. The maximum absolute atomic E-state index is 11.5. The van der Waals surface area contributed by atoms with Crippen LogP contribution in [0.25, 0.3) is 0 Å². The number of hydrogen-bond donors (Lipinski definition) is 0. The third-order valence-corrected chi connectivity index (χ3v) is 4.99. The van der Waals surface area contributed by atoms with E-state index in [-0.39, 0.29) is 23.8 Å². The number of hydrogen-bond acceptors (Lipinski definition) is 5. The molecular weight excluding hydrogens is 350 g/mol. The number of nitro benzene ring substituents is 1. The van der Waals surface area contributed by atoms with Gasteiger partial charge in [0.05, 0.1) is 16.4 Å². The number of sulfone groups is 1. The van der Waals surface area contributed by atoms with Gasteiger partial charge < -0.3 is 4.74 Å². The van der Waals surface area contributed by atoms with Crippen LogP contribution in [0, 0.1) is 10.1 Å². The van der Waals surface area contributed by atoms with Crippen LogP contribution in [0.3, 0.4) is 0 Å². The number of benzene rings is 1. The van der Waals surface area contributed by atoms with E-state index in [0.29, 0.717) is 23.1 Å². The molecule has 0 spiro atoms. The van der Waals surface area contributed by atoms with Crippen LogP contribution in [-0.4, -0.2) is 31.5 Å². The molecule has 1 aromatic rings. The van der Waals surface area contributed by atoms with Gasteiger partial charge in [0.15, 0.2) is 9.84 Å². The highest BCUT2D eigenvalue weighted by molar-refractivity contribution is 9.08. The predicted octanol–water partition coefficient (Wildman–Crippen LogP) is 2.69. The molecule has 0 amide bonds. The fourth-order valence-electron chi connectivity index (χ4n) is 1.62. The largest absolute Gasteiger partial charge is 0.492 e. The van der Waals surface area contributed by atoms with Crippen LogP contribution < -0.4 is 4.74 Å². The normalized spacial score (nSPS) is 11.3. The Kier molecular flexibility index (Phi) is 6.41. The molecule has 1 aromatic carbocycles. The number of ether oxygens (including phenoxy) is 1. The molecular formula is C12H16BrNO5S. The first-order chi connectivity index (χ1) is 9.39. The third kappa shape index (κ3) is 5.09. The minimum atomic E-state index is -3.09. The number of alkyl halides is 1. The summed E-state index contributed by atoms with van der Waals surface area (Å²) in [6, 6.07) is 4.23. The summed E-state index contributed by atoms with van der Waals surface area (Å²) in [7, 11) is -3.09. The van der Waals surface area contributed by atoms with Gasteiger partial charge >= 0.3 is 0 Å². The lowest BCUT2D eigenvalue weighted by atomic mass is 10.2. The van der Waals surface area contributed by atoms with E-state index in [1.54, 1.807) is 6.92 Å². The van der Waals surface area contributed by atoms with Gasteiger partial charge in [-0.1, -0.05) is 22.9 Å². The summed E-state index contributed by atoms with van der Waals surface area (Å²) in [5.74, 6) is 0.542. The van der Waals surface area contributed by atoms with Crippen molar-refractivity contribution in [3.05, 3.63) is 33.9 Å². The minimum absolute atomic E-state index is 0.0228. The monoisotopic (exact) mass is 365 g/mol. The Morgan fingerprint density at radius 2 is 2.05 bits per heavy atom. The van der Waals surface area contributed by atoms with Crippen LogP contribution in [0.4, 0.5) is 5.69 Å². The van der Waals surface area contributed by atoms with E-state index in [2.05, 4.69) is 15.9 Å². The van der Waals surface area contributed by atoms with Gasteiger partial charge in [-0.3, -0.25) is 10.1 Å². The number of nitrogens with zero attached hydrogens (tertiary/aromatic N) is 1. The van der Waals surface area contributed by atoms with Crippen LogP contribution in [-0.2, 0) is 15.2 Å². The Morgan fingerprint density at radius 1 is 1.35 bits per heavy atom. The maximum Gasteiger partial charge on any atom is 0.270 e. The molecule has 0 aliphatic rings. The van der Waals surface area contributed by atoms with Crippen molar-refractivity contribution in [1.82, 2.24) is 0 Å². The first-order valence-electron chi connectivity index (χ1n) is 6.06. The summed E-state index contributed by atoms with van der Waals surface area (Å²) in [6.07, 6.45) is 0.576. The van der Waals surface area contributed by atoms with Gasteiger partial charge in [-0.2, -0.15) is 0 Å². The second-order valence-electron chi connectivity index (χ2n) is 4.18. The maximum atomic E-state index is 11.5. The number of nitro groups is 1. The third-order valence-electron chi connectivity index (χ3n) is 2.57. The minimum Gasteiger partial charge on any atom is -0.492 e. The van der Waals surface area contributed by atoms with Crippen molar-refractivity contribution in [1.29, 1.82) is 0 Å². The van der Waals surface area contributed by atoms with E-state index in [0.717, 1.165) is 0 Å². The van der Waals surface area contributed by atoms with E-state index in [1.165, 1.54) is 18.2 Å². The molecule has 0 saturated carbocycles. The zero-order valence-corrected chi connectivity index (χ0v) is 13.4. The first kappa shape index (κ1) is 16.9. The summed E-state index contributed by atoms with van der Waals surface area (Å²) in [5, 5.41) is 11.1. The van der Waals surface area contributed by atoms with Gasteiger partial charge in [-0.05, 0) is 12.5 Å². The molecule has 20 heavy (non-hydrogen) atoms. The summed E-state index contributed by atoms with van der Waals surface area (Å²) in [4.78, 5) is 10.2. The number of halogens is 1. The SMILES string of the molecule is CCCS(=O)(=O)CCOc1ccc([N+](=O)[O-])cc1CBr. The van der Waals surface area contributed by atoms with Crippen molar-refractivity contribution in [2.75, 3.05) is 18.1 Å². The van der Waals surface area contributed by atoms with Gasteiger partial charge in [0, 0.05) is 23.0 Å². The number of non-ortho nitro benzene ring substituents is 1. The molecule has 0 aliphatic carbocycles. The molecule has 0 fully saturated rings. The fourth-order valence-corrected chi connectivity index (χ4v) is 3.22. The van der Waals surface area contributed by atoms with Crippen LogP contribution in [0.5, 0.6) is 5.75 Å². The topological polar surface area (TPSA) is 86.5 Å². The average molecular weight is 366 g/mol. The summed E-state index contributed by atoms with van der Waals surface area (Å²) in [6.45, 7) is 1.85. The summed E-state index contributed by atoms with van der Waals surface area (Å²) in [5.41, 5.74) is 0.595. The molecule has 8 heteroatoms. The predicted molar refractivity (Wildman–Crippen MR) is 80.2 cm³/mol. The summed E-state index contributed by atoms with van der Waals surface area (Å²) >= 11 is 3.23. The lowest BCUT2D eigenvalue weighted by Gasteiger charge is -2.10. The highest BCUT2D eigenvalue weighted by Gasteiger charge is 2.13. The van der Waals surface area contributed by atoms with Gasteiger partial charge in [0.2, 0.25) is 0 Å². The van der Waals surface area contributed by atoms with E-state index in [9.17, 15) is 18.5 Å². The molecule has 0 unspecified atom stereocenters. The lowest BCUT2D eigenvalue weighted by molar-refractivity contribution is -0.384. The molecule has 0 heterocycles. The lowest BCUT2D eigenvalue weighted by Crippen LogP contribution is -2.17. The van der Waals surface area contributed by atoms with Crippen LogP contribution >= 0.6 is 15.9 Å². The Bertz CT molecular complexity index is 573. The van der Waals surface area contributed by atoms with Crippen molar-refractivity contribution in [2.45, 2.75) is 18.7 Å². The smallest absolute Gasteiger partial charge is 0.270 e. The van der Waals surface area contributed by atoms with Crippen molar-refractivity contribution in [3.8, 4) is 5.75 Å². The fraction of sp³-hybridized carbons (Fsp3) is 0.500. The molecule has 112 valence electrons. The molecule has 0 bridgehead atoms. The van der Waals surface area contributed by atoms with E-state index >= 15 is 0 Å². The van der Waals surface area contributed by atoms with Gasteiger partial charge in [0.25, 0.3) is 5.69 Å². The van der Waals surface area contributed by atoms with Crippen LogP contribution in [0.15, 0.2) is 18.2 Å². The molecule has 0 radical (unpaired) electrons. The molecule has 0 atom stereocenters. The second-order valence-corrected chi connectivity index (χ2v) is 7.05. The second kappa shape index (κ2) is 7.58. The van der Waals surface area contributed by atoms with Crippen molar-refractivity contribution in [2.24, 2.45) is 0 Å². The van der Waals surface area contributed by atoms with Gasteiger partial charge in [-0.25, -0.2) is 8.42 Å². The van der Waals surface area contributed by atoms with E-state index < -0.39 is 14.8 Å². The van der Waals surface area contributed by atoms with Crippen molar-refractivity contribution >= 4 is 31.5 Å². The quantitative estimate of drug-likeness (QED) is 0.401. The van der Waals surface area contributed by atoms with E-state index in [4.69, 9.17) is 4.74 Å². The van der Waals surface area contributed by atoms with Crippen molar-refractivity contribution < 1.29 is 18.1 Å². The van der Waals surface area contributed by atoms with Crippen molar-refractivity contribution in [3.63, 3.8) is 0 Å². The molecule has 1 rings (SSSR count). The zero-order valence-electron chi connectivity index (χ0n) is 11.0. The van der Waals surface area contributed by atoms with E-state index in [1.807, 2.05) is 0 Å². The molecule has 6 nitrogen and oxygen atoms in total.